The van der Waals surface area contributed by atoms with Crippen LogP contribution < -0.4 is 4.74 Å². The molecule has 1 heterocycles. The monoisotopic (exact) mass is 354 g/mol. The summed E-state index contributed by atoms with van der Waals surface area (Å²) >= 11 is 0. The molecule has 1 unspecified atom stereocenters. The highest BCUT2D eigenvalue weighted by Crippen LogP contribution is 2.34. The number of hydroxylamine groups is 2. The number of fused-ring (bicyclic) bond motifs is 1. The number of ether oxygens (including phenoxy) is 1. The molecular formula is C21H26N2O3. The van der Waals surface area contributed by atoms with Gasteiger partial charge in [-0.05, 0) is 30.0 Å². The Bertz CT molecular complexity index is 873. The van der Waals surface area contributed by atoms with E-state index in [1.807, 2.05) is 24.4 Å². The Balaban J connectivity index is 1.90. The fourth-order valence-corrected chi connectivity index (χ4v) is 3.31. The summed E-state index contributed by atoms with van der Waals surface area (Å²) in [5, 5.41) is 23.5. The molecule has 0 aliphatic rings. The molecule has 0 aliphatic heterocycles. The van der Waals surface area contributed by atoms with E-state index in [9.17, 15) is 10.3 Å². The number of aromatic nitrogens is 1. The predicted octanol–water partition coefficient (Wildman–Crippen LogP) is 4.86. The zero-order chi connectivity index (χ0) is 18.7. The van der Waals surface area contributed by atoms with Crippen LogP contribution in [0.15, 0.2) is 48.7 Å². The maximum absolute atomic E-state index is 10.9. The molecule has 0 amide bonds. The average Bonchev–Trinajstić information content (AvgIpc) is 3.05. The normalized spacial score (nSPS) is 12.8. The second kappa shape index (κ2) is 7.81. The smallest absolute Gasteiger partial charge is 0.123 e. The lowest BCUT2D eigenvalue weighted by Crippen LogP contribution is -2.26. The minimum Gasteiger partial charge on any atom is -0.507 e. The van der Waals surface area contributed by atoms with Crippen LogP contribution in [0, 0.1) is 5.92 Å². The third-order valence-electron chi connectivity index (χ3n) is 4.66. The molecule has 0 radical (unpaired) electrons. The van der Waals surface area contributed by atoms with Crippen LogP contribution in [0.5, 0.6) is 11.5 Å². The molecule has 1 aromatic heterocycles. The number of hydrogen-bond donors (Lipinski definition) is 3. The Morgan fingerprint density at radius 3 is 2.62 bits per heavy atom. The number of phenolic OH excluding ortho intramolecular Hbond substituents is 1. The molecule has 0 spiro atoms. The van der Waals surface area contributed by atoms with Crippen molar-refractivity contribution in [3.05, 3.63) is 59.8 Å². The number of hydrogen-bond acceptors (Lipinski definition) is 4. The Hall–Kier alpha value is -2.50. The van der Waals surface area contributed by atoms with Crippen LogP contribution >= 0.6 is 0 Å². The Labute approximate surface area is 153 Å². The number of benzene rings is 2. The summed E-state index contributed by atoms with van der Waals surface area (Å²) in [7, 11) is 1.56. The first-order valence-corrected chi connectivity index (χ1v) is 8.87. The van der Waals surface area contributed by atoms with E-state index in [4.69, 9.17) is 4.74 Å². The summed E-state index contributed by atoms with van der Waals surface area (Å²) < 4.78 is 5.12. The summed E-state index contributed by atoms with van der Waals surface area (Å²) in [5.74, 6) is 1.12. The molecule has 2 aromatic carbocycles. The van der Waals surface area contributed by atoms with Crippen LogP contribution in [0.1, 0.15) is 37.4 Å². The minimum atomic E-state index is -0.173. The lowest BCUT2D eigenvalue weighted by Gasteiger charge is -2.28. The van der Waals surface area contributed by atoms with Gasteiger partial charge in [-0.15, -0.1) is 0 Å². The van der Waals surface area contributed by atoms with Gasteiger partial charge in [-0.25, -0.2) is 0 Å². The van der Waals surface area contributed by atoms with E-state index < -0.39 is 0 Å². The van der Waals surface area contributed by atoms with Gasteiger partial charge in [-0.2, -0.15) is 5.06 Å². The average molecular weight is 354 g/mol. The molecule has 5 nitrogen and oxygen atoms in total. The molecule has 3 rings (SSSR count). The number of nitrogens with zero attached hydrogens (tertiary/aromatic N) is 1. The number of H-pyrrole nitrogens is 1. The predicted molar refractivity (Wildman–Crippen MR) is 102 cm³/mol. The fourth-order valence-electron chi connectivity index (χ4n) is 3.31. The van der Waals surface area contributed by atoms with Crippen LogP contribution in [-0.4, -0.2) is 27.5 Å². The van der Waals surface area contributed by atoms with Crippen LogP contribution in [0.4, 0.5) is 0 Å². The van der Waals surface area contributed by atoms with Crippen molar-refractivity contribution < 1.29 is 15.1 Å². The number of phenols is 1. The van der Waals surface area contributed by atoms with Gasteiger partial charge in [0.1, 0.15) is 11.5 Å². The van der Waals surface area contributed by atoms with Gasteiger partial charge in [-0.3, -0.25) is 0 Å². The molecule has 0 bridgehead atoms. The lowest BCUT2D eigenvalue weighted by atomic mass is 9.96. The Morgan fingerprint density at radius 1 is 1.15 bits per heavy atom. The van der Waals surface area contributed by atoms with Gasteiger partial charge in [0.05, 0.1) is 19.7 Å². The Kier molecular flexibility index (Phi) is 5.49. The van der Waals surface area contributed by atoms with Crippen molar-refractivity contribution in [2.24, 2.45) is 5.92 Å². The second-order valence-corrected chi connectivity index (χ2v) is 7.03. The fraction of sp³-hybridized carbons (Fsp3) is 0.333. The SMILES string of the molecule is COc1ccc(CN(O)C(CC(C)C)c2c[nH]c3ccccc23)c(O)c1. The molecule has 0 saturated carbocycles. The molecule has 0 saturated heterocycles. The summed E-state index contributed by atoms with van der Waals surface area (Å²) in [4.78, 5) is 3.28. The van der Waals surface area contributed by atoms with Gasteiger partial charge >= 0.3 is 0 Å². The number of para-hydroxylation sites is 1. The van der Waals surface area contributed by atoms with E-state index in [0.717, 1.165) is 22.9 Å². The Morgan fingerprint density at radius 2 is 1.92 bits per heavy atom. The largest absolute Gasteiger partial charge is 0.507 e. The van der Waals surface area contributed by atoms with E-state index in [0.29, 0.717) is 17.2 Å². The summed E-state index contributed by atoms with van der Waals surface area (Å²) in [5.41, 5.74) is 2.77. The highest BCUT2D eigenvalue weighted by Gasteiger charge is 2.24. The van der Waals surface area contributed by atoms with Gasteiger partial charge in [-0.1, -0.05) is 38.1 Å². The molecule has 5 heteroatoms. The van der Waals surface area contributed by atoms with Crippen molar-refractivity contribution in [3.63, 3.8) is 0 Å². The van der Waals surface area contributed by atoms with Crippen molar-refractivity contribution in [1.82, 2.24) is 10.0 Å². The molecule has 1 atom stereocenters. The second-order valence-electron chi connectivity index (χ2n) is 7.03. The van der Waals surface area contributed by atoms with Gasteiger partial charge in [0.25, 0.3) is 0 Å². The zero-order valence-corrected chi connectivity index (χ0v) is 15.4. The molecule has 26 heavy (non-hydrogen) atoms. The third kappa shape index (κ3) is 3.84. The topological polar surface area (TPSA) is 68.7 Å². The summed E-state index contributed by atoms with van der Waals surface area (Å²) in [6.45, 7) is 4.51. The van der Waals surface area contributed by atoms with Crippen LogP contribution in [-0.2, 0) is 6.54 Å². The third-order valence-corrected chi connectivity index (χ3v) is 4.66. The molecule has 138 valence electrons. The van der Waals surface area contributed by atoms with Gasteiger partial charge in [0, 0.05) is 28.7 Å². The van der Waals surface area contributed by atoms with Crippen molar-refractivity contribution in [2.45, 2.75) is 32.9 Å². The first-order valence-electron chi connectivity index (χ1n) is 8.87. The first-order chi connectivity index (χ1) is 12.5. The van der Waals surface area contributed by atoms with Crippen LogP contribution in [0.2, 0.25) is 0 Å². The molecule has 3 aromatic rings. The molecule has 0 fully saturated rings. The van der Waals surface area contributed by atoms with Gasteiger partial charge in [0.2, 0.25) is 0 Å². The summed E-state index contributed by atoms with van der Waals surface area (Å²) in [6.07, 6.45) is 2.77. The quantitative estimate of drug-likeness (QED) is 0.530. The maximum atomic E-state index is 10.9. The number of rotatable bonds is 7. The molecule has 0 aliphatic carbocycles. The van der Waals surface area contributed by atoms with Crippen molar-refractivity contribution in [3.8, 4) is 11.5 Å². The maximum Gasteiger partial charge on any atom is 0.123 e. The number of nitrogens with one attached hydrogen (secondary N) is 1. The van der Waals surface area contributed by atoms with Crippen molar-refractivity contribution in [1.29, 1.82) is 0 Å². The standard InChI is InChI=1S/C21H26N2O3/c1-14(2)10-20(18-12-22-19-7-5-4-6-17(18)19)23(25)13-15-8-9-16(26-3)11-21(15)24/h4-9,11-12,14,20,22,24-25H,10,13H2,1-3H3. The van der Waals surface area contributed by atoms with Crippen molar-refractivity contribution >= 4 is 10.9 Å². The van der Waals surface area contributed by atoms with E-state index in [1.54, 1.807) is 25.3 Å². The first kappa shape index (κ1) is 18.3. The number of aromatic amines is 1. The van der Waals surface area contributed by atoms with Gasteiger partial charge in [0.15, 0.2) is 0 Å². The minimum absolute atomic E-state index is 0.116. The zero-order valence-electron chi connectivity index (χ0n) is 15.4. The highest BCUT2D eigenvalue weighted by molar-refractivity contribution is 5.83. The molecular weight excluding hydrogens is 328 g/mol. The van der Waals surface area contributed by atoms with Crippen molar-refractivity contribution in [2.75, 3.05) is 7.11 Å². The molecule has 3 N–H and O–H groups in total. The van der Waals surface area contributed by atoms with E-state index in [-0.39, 0.29) is 18.3 Å². The van der Waals surface area contributed by atoms with E-state index in [2.05, 4.69) is 24.9 Å². The van der Waals surface area contributed by atoms with Crippen LogP contribution in [0.25, 0.3) is 10.9 Å². The highest BCUT2D eigenvalue weighted by atomic mass is 16.5. The lowest BCUT2D eigenvalue weighted by molar-refractivity contribution is -0.141. The van der Waals surface area contributed by atoms with E-state index in [1.165, 1.54) is 5.06 Å². The van der Waals surface area contributed by atoms with Crippen LogP contribution in [0.3, 0.4) is 0 Å². The van der Waals surface area contributed by atoms with Gasteiger partial charge < -0.3 is 20.0 Å². The van der Waals surface area contributed by atoms with E-state index >= 15 is 0 Å². The number of aromatic hydroxyl groups is 1. The number of methoxy groups -OCH3 is 1. The summed E-state index contributed by atoms with van der Waals surface area (Å²) in [6, 6.07) is 13.0.